The number of amides is 1. The molecule has 0 spiro atoms. The normalized spacial score (nSPS) is 19.2. The first-order valence-electron chi connectivity index (χ1n) is 6.84. The SMILES string of the molecule is CCC1CCCN1C(=O)CCc1ccc(N)cc1. The van der Waals surface area contributed by atoms with E-state index in [1.165, 1.54) is 12.0 Å². The number of nitrogens with zero attached hydrogens (tertiary/aromatic N) is 1. The second-order valence-corrected chi connectivity index (χ2v) is 5.03. The first-order chi connectivity index (χ1) is 8.70. The Morgan fingerprint density at radius 2 is 2.11 bits per heavy atom. The summed E-state index contributed by atoms with van der Waals surface area (Å²) in [6, 6.07) is 8.27. The van der Waals surface area contributed by atoms with Gasteiger partial charge in [-0.3, -0.25) is 4.79 Å². The minimum absolute atomic E-state index is 0.302. The number of nitrogens with two attached hydrogens (primary N) is 1. The van der Waals surface area contributed by atoms with E-state index in [0.717, 1.165) is 31.5 Å². The molecule has 1 fully saturated rings. The fourth-order valence-electron chi connectivity index (χ4n) is 2.67. The summed E-state index contributed by atoms with van der Waals surface area (Å²) < 4.78 is 0. The monoisotopic (exact) mass is 246 g/mol. The van der Waals surface area contributed by atoms with Crippen LogP contribution in [0.25, 0.3) is 0 Å². The van der Waals surface area contributed by atoms with E-state index in [4.69, 9.17) is 5.73 Å². The number of anilines is 1. The Kier molecular flexibility index (Phi) is 4.24. The van der Waals surface area contributed by atoms with Gasteiger partial charge in [-0.1, -0.05) is 19.1 Å². The van der Waals surface area contributed by atoms with Crippen LogP contribution in [-0.4, -0.2) is 23.4 Å². The zero-order valence-electron chi connectivity index (χ0n) is 11.1. The van der Waals surface area contributed by atoms with Crippen molar-refractivity contribution >= 4 is 11.6 Å². The zero-order valence-corrected chi connectivity index (χ0v) is 11.1. The number of carbonyl (C=O) groups excluding carboxylic acids is 1. The molecule has 2 N–H and O–H groups in total. The molecule has 1 aliphatic rings. The Balaban J connectivity index is 1.86. The summed E-state index contributed by atoms with van der Waals surface area (Å²) in [5.74, 6) is 0.302. The van der Waals surface area contributed by atoms with Crippen molar-refractivity contribution in [2.45, 2.75) is 45.1 Å². The molecule has 18 heavy (non-hydrogen) atoms. The van der Waals surface area contributed by atoms with Gasteiger partial charge < -0.3 is 10.6 Å². The van der Waals surface area contributed by atoms with Crippen molar-refractivity contribution in [3.05, 3.63) is 29.8 Å². The number of rotatable bonds is 4. The average molecular weight is 246 g/mol. The van der Waals surface area contributed by atoms with Crippen LogP contribution in [0.2, 0.25) is 0 Å². The molecule has 0 radical (unpaired) electrons. The van der Waals surface area contributed by atoms with E-state index in [0.29, 0.717) is 18.4 Å². The van der Waals surface area contributed by atoms with E-state index in [9.17, 15) is 4.79 Å². The van der Waals surface area contributed by atoms with E-state index < -0.39 is 0 Å². The highest BCUT2D eigenvalue weighted by Crippen LogP contribution is 2.21. The summed E-state index contributed by atoms with van der Waals surface area (Å²) in [5.41, 5.74) is 7.60. The molecule has 0 aliphatic carbocycles. The average Bonchev–Trinajstić information content (AvgIpc) is 2.86. The number of likely N-dealkylation sites (tertiary alicyclic amines) is 1. The second-order valence-electron chi connectivity index (χ2n) is 5.03. The van der Waals surface area contributed by atoms with Crippen LogP contribution < -0.4 is 5.73 Å². The Labute approximate surface area is 109 Å². The predicted molar refractivity (Wildman–Crippen MR) is 74.2 cm³/mol. The number of carbonyl (C=O) groups is 1. The van der Waals surface area contributed by atoms with Crippen molar-refractivity contribution in [3.8, 4) is 0 Å². The van der Waals surface area contributed by atoms with Crippen LogP contribution >= 0.6 is 0 Å². The lowest BCUT2D eigenvalue weighted by atomic mass is 10.1. The third-order valence-corrected chi connectivity index (χ3v) is 3.78. The molecule has 3 heteroatoms. The van der Waals surface area contributed by atoms with Crippen LogP contribution in [0.4, 0.5) is 5.69 Å². The maximum absolute atomic E-state index is 12.2. The van der Waals surface area contributed by atoms with Crippen molar-refractivity contribution in [3.63, 3.8) is 0 Å². The molecule has 0 aromatic heterocycles. The number of hydrogen-bond donors (Lipinski definition) is 1. The maximum atomic E-state index is 12.2. The third kappa shape index (κ3) is 3.03. The summed E-state index contributed by atoms with van der Waals surface area (Å²) in [7, 11) is 0. The molecule has 1 saturated heterocycles. The Morgan fingerprint density at radius 1 is 1.39 bits per heavy atom. The molecule has 2 rings (SSSR count). The number of nitrogen functional groups attached to an aromatic ring is 1. The van der Waals surface area contributed by atoms with Gasteiger partial charge in [0.15, 0.2) is 0 Å². The van der Waals surface area contributed by atoms with Crippen LogP contribution in [-0.2, 0) is 11.2 Å². The van der Waals surface area contributed by atoms with Gasteiger partial charge in [0.2, 0.25) is 5.91 Å². The largest absolute Gasteiger partial charge is 0.399 e. The number of benzene rings is 1. The van der Waals surface area contributed by atoms with E-state index >= 15 is 0 Å². The van der Waals surface area contributed by atoms with Gasteiger partial charge in [-0.2, -0.15) is 0 Å². The van der Waals surface area contributed by atoms with Crippen LogP contribution in [0, 0.1) is 0 Å². The van der Waals surface area contributed by atoms with E-state index in [2.05, 4.69) is 11.8 Å². The van der Waals surface area contributed by atoms with Crippen LogP contribution in [0.5, 0.6) is 0 Å². The van der Waals surface area contributed by atoms with Gasteiger partial charge in [0, 0.05) is 24.7 Å². The molecule has 1 amide bonds. The highest BCUT2D eigenvalue weighted by Gasteiger charge is 2.26. The van der Waals surface area contributed by atoms with Gasteiger partial charge in [0.1, 0.15) is 0 Å². The molecule has 1 atom stereocenters. The Hall–Kier alpha value is -1.51. The smallest absolute Gasteiger partial charge is 0.223 e. The zero-order chi connectivity index (χ0) is 13.0. The highest BCUT2D eigenvalue weighted by atomic mass is 16.2. The fourth-order valence-corrected chi connectivity index (χ4v) is 2.67. The first-order valence-corrected chi connectivity index (χ1v) is 6.84. The summed E-state index contributed by atoms with van der Waals surface area (Å²) in [5, 5.41) is 0. The van der Waals surface area contributed by atoms with Gasteiger partial charge in [-0.25, -0.2) is 0 Å². The minimum atomic E-state index is 0.302. The molecule has 1 aromatic carbocycles. The van der Waals surface area contributed by atoms with Gasteiger partial charge in [-0.15, -0.1) is 0 Å². The first kappa shape index (κ1) is 12.9. The lowest BCUT2D eigenvalue weighted by molar-refractivity contribution is -0.132. The molecule has 0 saturated carbocycles. The van der Waals surface area contributed by atoms with Gasteiger partial charge >= 0.3 is 0 Å². The predicted octanol–water partition coefficient (Wildman–Crippen LogP) is 2.60. The maximum Gasteiger partial charge on any atom is 0.223 e. The molecule has 3 nitrogen and oxygen atoms in total. The van der Waals surface area contributed by atoms with E-state index in [1.54, 1.807) is 0 Å². The van der Waals surface area contributed by atoms with Crippen molar-refractivity contribution < 1.29 is 4.79 Å². The van der Waals surface area contributed by atoms with Crippen LogP contribution in [0.3, 0.4) is 0 Å². The third-order valence-electron chi connectivity index (χ3n) is 3.78. The molecule has 1 aromatic rings. The van der Waals surface area contributed by atoms with E-state index in [-0.39, 0.29) is 0 Å². The molecule has 98 valence electrons. The second kappa shape index (κ2) is 5.89. The summed E-state index contributed by atoms with van der Waals surface area (Å²) in [4.78, 5) is 14.2. The molecule has 1 heterocycles. The lowest BCUT2D eigenvalue weighted by Crippen LogP contribution is -2.35. The number of aryl methyl sites for hydroxylation is 1. The number of hydrogen-bond acceptors (Lipinski definition) is 2. The molecule has 1 aliphatic heterocycles. The Bertz CT molecular complexity index is 399. The van der Waals surface area contributed by atoms with Crippen molar-refractivity contribution in [1.29, 1.82) is 0 Å². The molecule has 0 bridgehead atoms. The van der Waals surface area contributed by atoms with Gasteiger partial charge in [-0.05, 0) is 43.4 Å². The molecule has 1 unspecified atom stereocenters. The minimum Gasteiger partial charge on any atom is -0.399 e. The van der Waals surface area contributed by atoms with Gasteiger partial charge in [0.25, 0.3) is 0 Å². The summed E-state index contributed by atoms with van der Waals surface area (Å²) in [6.45, 7) is 3.11. The molecular weight excluding hydrogens is 224 g/mol. The quantitative estimate of drug-likeness (QED) is 0.830. The van der Waals surface area contributed by atoms with Crippen molar-refractivity contribution in [2.24, 2.45) is 0 Å². The topological polar surface area (TPSA) is 46.3 Å². The summed E-state index contributed by atoms with van der Waals surface area (Å²) >= 11 is 0. The lowest BCUT2D eigenvalue weighted by Gasteiger charge is -2.23. The standard InChI is InChI=1S/C15H22N2O/c1-2-14-4-3-11-17(14)15(18)10-7-12-5-8-13(16)9-6-12/h5-6,8-9,14H,2-4,7,10-11,16H2,1H3. The Morgan fingerprint density at radius 3 is 2.78 bits per heavy atom. The van der Waals surface area contributed by atoms with Crippen LogP contribution in [0.1, 0.15) is 38.2 Å². The van der Waals surface area contributed by atoms with Gasteiger partial charge in [0.05, 0.1) is 0 Å². The fraction of sp³-hybridized carbons (Fsp3) is 0.533. The van der Waals surface area contributed by atoms with Crippen molar-refractivity contribution in [1.82, 2.24) is 4.90 Å². The molecular formula is C15H22N2O. The van der Waals surface area contributed by atoms with E-state index in [1.807, 2.05) is 24.3 Å². The highest BCUT2D eigenvalue weighted by molar-refractivity contribution is 5.77. The summed E-state index contributed by atoms with van der Waals surface area (Å²) in [6.07, 6.45) is 4.83. The van der Waals surface area contributed by atoms with Crippen molar-refractivity contribution in [2.75, 3.05) is 12.3 Å². The van der Waals surface area contributed by atoms with Crippen LogP contribution in [0.15, 0.2) is 24.3 Å².